The first-order valence-corrected chi connectivity index (χ1v) is 6.51. The number of nitrogens with zero attached hydrogens (tertiary/aromatic N) is 2. The molecule has 0 unspecified atom stereocenters. The highest BCUT2D eigenvalue weighted by Crippen LogP contribution is 2.18. The highest BCUT2D eigenvalue weighted by Gasteiger charge is 2.23. The highest BCUT2D eigenvalue weighted by atomic mass is 19.1. The van der Waals surface area contributed by atoms with Gasteiger partial charge < -0.3 is 10.2 Å². The van der Waals surface area contributed by atoms with Gasteiger partial charge in [0.1, 0.15) is 0 Å². The standard InChI is InChI=1S/C14H22FN3O/c1-9(2)8-18(10(3)4)14(19)11-6-7-17-13(16-5)12(11)15/h6-7,9-10H,8H2,1-5H3,(H,16,17). The molecule has 0 aliphatic rings. The van der Waals surface area contributed by atoms with Crippen LogP contribution in [0, 0.1) is 11.7 Å². The van der Waals surface area contributed by atoms with Gasteiger partial charge >= 0.3 is 0 Å². The fourth-order valence-electron chi connectivity index (χ4n) is 1.86. The van der Waals surface area contributed by atoms with Gasteiger partial charge in [-0.3, -0.25) is 4.79 Å². The molecule has 5 heteroatoms. The molecular formula is C14H22FN3O. The van der Waals surface area contributed by atoms with Crippen molar-refractivity contribution in [3.63, 3.8) is 0 Å². The number of pyridine rings is 1. The van der Waals surface area contributed by atoms with Gasteiger partial charge in [0, 0.05) is 25.8 Å². The maximum absolute atomic E-state index is 14.1. The van der Waals surface area contributed by atoms with Crippen LogP contribution >= 0.6 is 0 Å². The molecule has 1 amide bonds. The number of carbonyl (C=O) groups is 1. The molecule has 0 radical (unpaired) electrons. The smallest absolute Gasteiger partial charge is 0.257 e. The largest absolute Gasteiger partial charge is 0.371 e. The lowest BCUT2D eigenvalue weighted by Crippen LogP contribution is -2.40. The van der Waals surface area contributed by atoms with E-state index in [2.05, 4.69) is 10.3 Å². The van der Waals surface area contributed by atoms with E-state index in [9.17, 15) is 9.18 Å². The molecule has 1 heterocycles. The molecule has 106 valence electrons. The number of hydrogen-bond acceptors (Lipinski definition) is 3. The summed E-state index contributed by atoms with van der Waals surface area (Å²) in [4.78, 5) is 18.0. The molecule has 0 aliphatic heterocycles. The number of hydrogen-bond donors (Lipinski definition) is 1. The number of anilines is 1. The van der Waals surface area contributed by atoms with Crippen molar-refractivity contribution in [2.45, 2.75) is 33.7 Å². The summed E-state index contributed by atoms with van der Waals surface area (Å²) >= 11 is 0. The molecule has 1 aromatic rings. The summed E-state index contributed by atoms with van der Waals surface area (Å²) in [6, 6.07) is 1.45. The van der Waals surface area contributed by atoms with Crippen molar-refractivity contribution < 1.29 is 9.18 Å². The van der Waals surface area contributed by atoms with Crippen molar-refractivity contribution in [2.75, 3.05) is 18.9 Å². The predicted octanol–water partition coefficient (Wildman–Crippen LogP) is 2.77. The first-order chi connectivity index (χ1) is 8.88. The molecule has 0 spiro atoms. The van der Waals surface area contributed by atoms with Gasteiger partial charge in [0.2, 0.25) is 0 Å². The summed E-state index contributed by atoms with van der Waals surface area (Å²) in [6.07, 6.45) is 1.44. The maximum atomic E-state index is 14.1. The Morgan fingerprint density at radius 3 is 2.53 bits per heavy atom. The normalized spacial score (nSPS) is 10.9. The number of halogens is 1. The predicted molar refractivity (Wildman–Crippen MR) is 74.8 cm³/mol. The molecule has 0 bridgehead atoms. The van der Waals surface area contributed by atoms with E-state index in [4.69, 9.17) is 0 Å². The van der Waals surface area contributed by atoms with E-state index in [-0.39, 0.29) is 23.3 Å². The number of nitrogens with one attached hydrogen (secondary N) is 1. The Balaban J connectivity index is 3.09. The summed E-state index contributed by atoms with van der Waals surface area (Å²) in [6.45, 7) is 8.53. The second-order valence-corrected chi connectivity index (χ2v) is 5.22. The minimum Gasteiger partial charge on any atom is -0.371 e. The molecule has 1 N–H and O–H groups in total. The van der Waals surface area contributed by atoms with E-state index in [0.717, 1.165) is 0 Å². The van der Waals surface area contributed by atoms with Crippen molar-refractivity contribution in [3.05, 3.63) is 23.6 Å². The monoisotopic (exact) mass is 267 g/mol. The first kappa shape index (κ1) is 15.4. The minimum atomic E-state index is -0.593. The lowest BCUT2D eigenvalue weighted by molar-refractivity contribution is 0.0677. The third-order valence-corrected chi connectivity index (χ3v) is 2.80. The lowest BCUT2D eigenvalue weighted by atomic mass is 10.1. The van der Waals surface area contributed by atoms with Crippen LogP contribution in [-0.2, 0) is 0 Å². The molecule has 0 aliphatic carbocycles. The van der Waals surface area contributed by atoms with Crippen LogP contribution in [0.2, 0.25) is 0 Å². The van der Waals surface area contributed by atoms with Crippen LogP contribution in [0.3, 0.4) is 0 Å². The van der Waals surface area contributed by atoms with Gasteiger partial charge in [0.15, 0.2) is 11.6 Å². The average Bonchev–Trinajstić information content (AvgIpc) is 2.35. The minimum absolute atomic E-state index is 0.0282. The zero-order valence-corrected chi connectivity index (χ0v) is 12.2. The Morgan fingerprint density at radius 1 is 1.42 bits per heavy atom. The molecule has 0 fully saturated rings. The molecule has 1 aromatic heterocycles. The maximum Gasteiger partial charge on any atom is 0.257 e. The SMILES string of the molecule is CNc1nccc(C(=O)N(CC(C)C)C(C)C)c1F. The molecule has 0 atom stereocenters. The van der Waals surface area contributed by atoms with Crippen LogP contribution in [-0.4, -0.2) is 35.4 Å². The second kappa shape index (κ2) is 6.50. The van der Waals surface area contributed by atoms with Gasteiger partial charge in [-0.05, 0) is 25.8 Å². The number of carbonyl (C=O) groups excluding carboxylic acids is 1. The lowest BCUT2D eigenvalue weighted by Gasteiger charge is -2.28. The van der Waals surface area contributed by atoms with Gasteiger partial charge in [-0.15, -0.1) is 0 Å². The van der Waals surface area contributed by atoms with Gasteiger partial charge in [0.05, 0.1) is 5.56 Å². The topological polar surface area (TPSA) is 45.2 Å². The Hall–Kier alpha value is -1.65. The van der Waals surface area contributed by atoms with Crippen molar-refractivity contribution >= 4 is 11.7 Å². The van der Waals surface area contributed by atoms with E-state index in [1.54, 1.807) is 11.9 Å². The Bertz CT molecular complexity index is 446. The highest BCUT2D eigenvalue weighted by molar-refractivity contribution is 5.95. The number of amides is 1. The molecule has 1 rings (SSSR count). The van der Waals surface area contributed by atoms with Crippen LogP contribution in [0.5, 0.6) is 0 Å². The van der Waals surface area contributed by atoms with E-state index in [1.165, 1.54) is 12.3 Å². The third kappa shape index (κ3) is 3.66. The molecule has 19 heavy (non-hydrogen) atoms. The third-order valence-electron chi connectivity index (χ3n) is 2.80. The van der Waals surface area contributed by atoms with Crippen molar-refractivity contribution in [1.82, 2.24) is 9.88 Å². The molecule has 0 aromatic carbocycles. The Morgan fingerprint density at radius 2 is 2.05 bits per heavy atom. The zero-order chi connectivity index (χ0) is 14.6. The summed E-state index contributed by atoms with van der Waals surface area (Å²) < 4.78 is 14.1. The van der Waals surface area contributed by atoms with Gasteiger partial charge in [-0.2, -0.15) is 0 Å². The number of aromatic nitrogens is 1. The fraction of sp³-hybridized carbons (Fsp3) is 0.571. The average molecular weight is 267 g/mol. The molecular weight excluding hydrogens is 245 g/mol. The summed E-state index contributed by atoms with van der Waals surface area (Å²) in [7, 11) is 1.58. The zero-order valence-electron chi connectivity index (χ0n) is 12.2. The summed E-state index contributed by atoms with van der Waals surface area (Å²) in [5.74, 6) is -0.455. The van der Waals surface area contributed by atoms with Gasteiger partial charge in [-0.25, -0.2) is 9.37 Å². The first-order valence-electron chi connectivity index (χ1n) is 6.51. The van der Waals surface area contributed by atoms with Crippen LogP contribution in [0.15, 0.2) is 12.3 Å². The van der Waals surface area contributed by atoms with Crippen LogP contribution < -0.4 is 5.32 Å². The summed E-state index contributed by atoms with van der Waals surface area (Å²) in [5.41, 5.74) is 0.0636. The van der Waals surface area contributed by atoms with Crippen molar-refractivity contribution in [1.29, 1.82) is 0 Å². The van der Waals surface area contributed by atoms with Crippen LogP contribution in [0.4, 0.5) is 10.2 Å². The number of rotatable bonds is 5. The van der Waals surface area contributed by atoms with Crippen molar-refractivity contribution in [2.24, 2.45) is 5.92 Å². The van der Waals surface area contributed by atoms with E-state index >= 15 is 0 Å². The van der Waals surface area contributed by atoms with E-state index in [0.29, 0.717) is 12.5 Å². The molecule has 0 saturated carbocycles. The van der Waals surface area contributed by atoms with E-state index in [1.807, 2.05) is 27.7 Å². The summed E-state index contributed by atoms with van der Waals surface area (Å²) in [5, 5.41) is 2.64. The second-order valence-electron chi connectivity index (χ2n) is 5.22. The van der Waals surface area contributed by atoms with Gasteiger partial charge in [-0.1, -0.05) is 13.8 Å². The quantitative estimate of drug-likeness (QED) is 0.892. The van der Waals surface area contributed by atoms with Crippen LogP contribution in [0.25, 0.3) is 0 Å². The van der Waals surface area contributed by atoms with E-state index < -0.39 is 5.82 Å². The van der Waals surface area contributed by atoms with Crippen molar-refractivity contribution in [3.8, 4) is 0 Å². The molecule has 0 saturated heterocycles. The van der Waals surface area contributed by atoms with Crippen LogP contribution in [0.1, 0.15) is 38.1 Å². The Labute approximate surface area is 114 Å². The Kier molecular flexibility index (Phi) is 5.27. The van der Waals surface area contributed by atoms with Gasteiger partial charge in [0.25, 0.3) is 5.91 Å². The molecule has 4 nitrogen and oxygen atoms in total. The fourth-order valence-corrected chi connectivity index (χ4v) is 1.86.